The highest BCUT2D eigenvalue weighted by Gasteiger charge is 2.08. The summed E-state index contributed by atoms with van der Waals surface area (Å²) in [6.45, 7) is 1.91. The third kappa shape index (κ3) is 3.36. The van der Waals surface area contributed by atoms with E-state index in [4.69, 9.17) is 10.7 Å². The zero-order valence-corrected chi connectivity index (χ0v) is 9.06. The normalized spacial score (nSPS) is 11.9. The molecule has 0 bridgehead atoms. The van der Waals surface area contributed by atoms with E-state index in [-0.39, 0.29) is 5.75 Å². The van der Waals surface area contributed by atoms with Crippen molar-refractivity contribution in [2.75, 3.05) is 5.75 Å². The van der Waals surface area contributed by atoms with Crippen LogP contribution in [0.1, 0.15) is 11.4 Å². The van der Waals surface area contributed by atoms with Crippen LogP contribution in [0.4, 0.5) is 0 Å². The highest BCUT2D eigenvalue weighted by atomic mass is 35.7. The first kappa shape index (κ1) is 10.5. The summed E-state index contributed by atoms with van der Waals surface area (Å²) in [5.74, 6) is -0.0645. The first-order valence-corrected chi connectivity index (χ1v) is 6.28. The molecular weight excluding hydrogens is 212 g/mol. The Kier molecular flexibility index (Phi) is 2.98. The molecule has 6 heteroatoms. The molecule has 1 aromatic rings. The molecule has 0 saturated carbocycles. The molecule has 0 amide bonds. The van der Waals surface area contributed by atoms with Crippen molar-refractivity contribution in [3.63, 3.8) is 0 Å². The fraction of sp³-hybridized carbons (Fsp3) is 0.571. The lowest BCUT2D eigenvalue weighted by Crippen LogP contribution is -2.02. The van der Waals surface area contributed by atoms with Crippen LogP contribution >= 0.6 is 10.7 Å². The zero-order valence-electron chi connectivity index (χ0n) is 7.49. The van der Waals surface area contributed by atoms with Crippen molar-refractivity contribution in [3.05, 3.63) is 17.5 Å². The second-order valence-electron chi connectivity index (χ2n) is 2.89. The summed E-state index contributed by atoms with van der Waals surface area (Å²) in [7, 11) is 3.48. The van der Waals surface area contributed by atoms with Gasteiger partial charge >= 0.3 is 0 Å². The Morgan fingerprint density at radius 1 is 1.62 bits per heavy atom. The fourth-order valence-electron chi connectivity index (χ4n) is 0.984. The number of halogens is 1. The molecule has 0 N–H and O–H groups in total. The number of nitrogens with zero attached hydrogens (tertiary/aromatic N) is 2. The minimum Gasteiger partial charge on any atom is -0.273 e. The third-order valence-electron chi connectivity index (χ3n) is 1.77. The molecule has 0 atom stereocenters. The maximum absolute atomic E-state index is 10.6. The number of hydrogen-bond acceptors (Lipinski definition) is 3. The molecule has 74 valence electrons. The molecule has 0 unspecified atom stereocenters. The second kappa shape index (κ2) is 3.67. The van der Waals surface area contributed by atoms with Crippen molar-refractivity contribution < 1.29 is 8.42 Å². The maximum atomic E-state index is 10.6. The van der Waals surface area contributed by atoms with Gasteiger partial charge in [0.05, 0.1) is 11.4 Å². The standard InChI is InChI=1S/C7H11ClN2O2S/c1-6-5-7(9-10(6)2)3-4-13(8,11)12/h5H,3-4H2,1-2H3. The smallest absolute Gasteiger partial charge is 0.232 e. The molecule has 0 fully saturated rings. The van der Waals surface area contributed by atoms with Gasteiger partial charge in [-0.3, -0.25) is 4.68 Å². The van der Waals surface area contributed by atoms with Gasteiger partial charge < -0.3 is 0 Å². The Hall–Kier alpha value is -0.550. The summed E-state index contributed by atoms with van der Waals surface area (Å²) < 4.78 is 23.0. The number of aromatic nitrogens is 2. The van der Waals surface area contributed by atoms with Gasteiger partial charge in [-0.25, -0.2) is 8.42 Å². The van der Waals surface area contributed by atoms with Gasteiger partial charge in [-0.2, -0.15) is 5.10 Å². The van der Waals surface area contributed by atoms with Crippen LogP contribution in [0.25, 0.3) is 0 Å². The molecule has 1 rings (SSSR count). The van der Waals surface area contributed by atoms with E-state index in [1.54, 1.807) is 4.68 Å². The van der Waals surface area contributed by atoms with Crippen molar-refractivity contribution >= 4 is 19.7 Å². The van der Waals surface area contributed by atoms with Gasteiger partial charge in [0.15, 0.2) is 0 Å². The van der Waals surface area contributed by atoms with E-state index in [2.05, 4.69) is 5.10 Å². The van der Waals surface area contributed by atoms with Crippen LogP contribution in [0, 0.1) is 6.92 Å². The van der Waals surface area contributed by atoms with E-state index < -0.39 is 9.05 Å². The van der Waals surface area contributed by atoms with Crippen LogP contribution in [0.15, 0.2) is 6.07 Å². The zero-order chi connectivity index (χ0) is 10.1. The first-order valence-electron chi connectivity index (χ1n) is 3.80. The topological polar surface area (TPSA) is 52.0 Å². The van der Waals surface area contributed by atoms with Crippen LogP contribution in [0.2, 0.25) is 0 Å². The predicted molar refractivity (Wildman–Crippen MR) is 51.3 cm³/mol. The third-order valence-corrected chi connectivity index (χ3v) is 2.92. The number of hydrogen-bond donors (Lipinski definition) is 0. The van der Waals surface area contributed by atoms with Crippen LogP contribution < -0.4 is 0 Å². The van der Waals surface area contributed by atoms with Gasteiger partial charge in [0.2, 0.25) is 9.05 Å². The first-order chi connectivity index (χ1) is 5.88. The van der Waals surface area contributed by atoms with Crippen LogP contribution in [0.3, 0.4) is 0 Å². The van der Waals surface area contributed by atoms with Crippen molar-refractivity contribution in [2.45, 2.75) is 13.3 Å². The Bertz CT molecular complexity index is 377. The van der Waals surface area contributed by atoms with Crippen LogP contribution in [-0.4, -0.2) is 24.0 Å². The summed E-state index contributed by atoms with van der Waals surface area (Å²) in [6, 6.07) is 1.85. The summed E-state index contributed by atoms with van der Waals surface area (Å²) in [5, 5.41) is 4.11. The van der Waals surface area contributed by atoms with Crippen molar-refractivity contribution in [1.29, 1.82) is 0 Å². The monoisotopic (exact) mass is 222 g/mol. The van der Waals surface area contributed by atoms with E-state index in [0.717, 1.165) is 11.4 Å². The Morgan fingerprint density at radius 3 is 2.62 bits per heavy atom. The molecule has 4 nitrogen and oxygen atoms in total. The minimum atomic E-state index is -3.40. The van der Waals surface area contributed by atoms with Crippen LogP contribution in [0.5, 0.6) is 0 Å². The Morgan fingerprint density at radius 2 is 2.23 bits per heavy atom. The minimum absolute atomic E-state index is 0.0645. The molecule has 1 aromatic heterocycles. The van der Waals surface area contributed by atoms with E-state index in [9.17, 15) is 8.42 Å². The predicted octanol–water partition coefficient (Wildman–Crippen LogP) is 0.840. The summed E-state index contributed by atoms with van der Waals surface area (Å²) in [5.41, 5.74) is 1.76. The van der Waals surface area contributed by atoms with Crippen LogP contribution in [-0.2, 0) is 22.5 Å². The van der Waals surface area contributed by atoms with Crippen molar-refractivity contribution in [1.82, 2.24) is 9.78 Å². The quantitative estimate of drug-likeness (QED) is 0.713. The van der Waals surface area contributed by atoms with Gasteiger partial charge in [0.25, 0.3) is 0 Å². The molecule has 0 spiro atoms. The van der Waals surface area contributed by atoms with Gasteiger partial charge in [-0.15, -0.1) is 0 Å². The van der Waals surface area contributed by atoms with Gasteiger partial charge in [0.1, 0.15) is 0 Å². The largest absolute Gasteiger partial charge is 0.273 e. The molecule has 13 heavy (non-hydrogen) atoms. The summed E-state index contributed by atoms with van der Waals surface area (Å²) in [4.78, 5) is 0. The Balaban J connectivity index is 2.66. The van der Waals surface area contributed by atoms with E-state index in [0.29, 0.717) is 6.42 Å². The molecule has 0 aliphatic rings. The molecule has 1 heterocycles. The lowest BCUT2D eigenvalue weighted by atomic mass is 10.3. The van der Waals surface area contributed by atoms with E-state index in [1.807, 2.05) is 20.0 Å². The molecule has 0 aliphatic heterocycles. The van der Waals surface area contributed by atoms with E-state index >= 15 is 0 Å². The summed E-state index contributed by atoms with van der Waals surface area (Å²) in [6.07, 6.45) is 0.369. The lowest BCUT2D eigenvalue weighted by Gasteiger charge is -1.92. The van der Waals surface area contributed by atoms with Crippen molar-refractivity contribution in [2.24, 2.45) is 7.05 Å². The molecule has 0 aromatic carbocycles. The van der Waals surface area contributed by atoms with Crippen molar-refractivity contribution in [3.8, 4) is 0 Å². The molecule has 0 radical (unpaired) electrons. The SMILES string of the molecule is Cc1cc(CCS(=O)(=O)Cl)nn1C. The van der Waals surface area contributed by atoms with E-state index in [1.165, 1.54) is 0 Å². The molecule has 0 saturated heterocycles. The highest BCUT2D eigenvalue weighted by molar-refractivity contribution is 8.13. The molecule has 0 aliphatic carbocycles. The lowest BCUT2D eigenvalue weighted by molar-refractivity contribution is 0.608. The van der Waals surface area contributed by atoms with Gasteiger partial charge in [0, 0.05) is 29.8 Å². The summed E-state index contributed by atoms with van der Waals surface area (Å²) >= 11 is 0. The maximum Gasteiger partial charge on any atom is 0.232 e. The number of rotatable bonds is 3. The fourth-order valence-corrected chi connectivity index (χ4v) is 1.67. The van der Waals surface area contributed by atoms with Gasteiger partial charge in [-0.1, -0.05) is 0 Å². The number of aryl methyl sites for hydroxylation is 3. The molecular formula is C7H11ClN2O2S. The average molecular weight is 223 g/mol. The second-order valence-corrected chi connectivity index (χ2v) is 5.79. The average Bonchev–Trinajstić information content (AvgIpc) is 2.27. The highest BCUT2D eigenvalue weighted by Crippen LogP contribution is 2.05. The Labute approximate surface area is 81.9 Å². The van der Waals surface area contributed by atoms with Gasteiger partial charge in [-0.05, 0) is 13.0 Å².